The molecule has 2 nitrogen and oxygen atoms in total. The van der Waals surface area contributed by atoms with Crippen molar-refractivity contribution < 1.29 is 9.13 Å². The number of halogens is 1. The molecule has 0 unspecified atom stereocenters. The molecule has 0 aliphatic heterocycles. The molecule has 0 radical (unpaired) electrons. The number of ether oxygens (including phenoxy) is 1. The number of unbranched alkanes of at least 4 members (excludes halogenated alkanes) is 1. The lowest BCUT2D eigenvalue weighted by atomic mass is 10.2. The van der Waals surface area contributed by atoms with E-state index in [1.807, 2.05) is 13.0 Å². The molecule has 0 aliphatic rings. The van der Waals surface area contributed by atoms with Crippen molar-refractivity contribution in [2.75, 3.05) is 19.8 Å². The Morgan fingerprint density at radius 2 is 2.19 bits per heavy atom. The van der Waals surface area contributed by atoms with Gasteiger partial charge in [-0.15, -0.1) is 0 Å². The fourth-order valence-corrected chi connectivity index (χ4v) is 1.48. The average molecular weight is 225 g/mol. The highest BCUT2D eigenvalue weighted by atomic mass is 19.1. The monoisotopic (exact) mass is 225 g/mol. The molecule has 3 heteroatoms. The predicted octanol–water partition coefficient (Wildman–Crippen LogP) is 2.73. The number of nitrogens with one attached hydrogen (secondary N) is 1. The Balaban J connectivity index is 2.03. The van der Waals surface area contributed by atoms with Gasteiger partial charge < -0.3 is 10.1 Å². The lowest BCUT2D eigenvalue weighted by molar-refractivity contribution is 0.143. The van der Waals surface area contributed by atoms with Crippen molar-refractivity contribution >= 4 is 0 Å². The molecule has 1 rings (SSSR count). The Bertz CT molecular complexity index is 291. The fraction of sp³-hybridized carbons (Fsp3) is 0.538. The van der Waals surface area contributed by atoms with Crippen molar-refractivity contribution in [3.63, 3.8) is 0 Å². The van der Waals surface area contributed by atoms with Gasteiger partial charge in [-0.25, -0.2) is 4.39 Å². The SMILES string of the molecule is CCOCCCCNCc1cccc(F)c1. The highest BCUT2D eigenvalue weighted by molar-refractivity contribution is 5.15. The fourth-order valence-electron chi connectivity index (χ4n) is 1.48. The Morgan fingerprint density at radius 1 is 1.31 bits per heavy atom. The van der Waals surface area contributed by atoms with Gasteiger partial charge in [0, 0.05) is 19.8 Å². The summed E-state index contributed by atoms with van der Waals surface area (Å²) in [5.74, 6) is -0.171. The number of benzene rings is 1. The zero-order chi connectivity index (χ0) is 11.6. The third kappa shape index (κ3) is 5.83. The van der Waals surface area contributed by atoms with Crippen molar-refractivity contribution in [2.45, 2.75) is 26.3 Å². The largest absolute Gasteiger partial charge is 0.382 e. The number of hydrogen-bond donors (Lipinski definition) is 1. The van der Waals surface area contributed by atoms with Gasteiger partial charge in [0.05, 0.1) is 0 Å². The zero-order valence-corrected chi connectivity index (χ0v) is 9.84. The molecular weight excluding hydrogens is 205 g/mol. The van der Waals surface area contributed by atoms with Gasteiger partial charge in [-0.3, -0.25) is 0 Å². The molecule has 1 aromatic carbocycles. The maximum absolute atomic E-state index is 12.8. The highest BCUT2D eigenvalue weighted by Crippen LogP contribution is 2.02. The van der Waals surface area contributed by atoms with E-state index < -0.39 is 0 Å². The Kier molecular flexibility index (Phi) is 6.77. The summed E-state index contributed by atoms with van der Waals surface area (Å²) in [4.78, 5) is 0. The topological polar surface area (TPSA) is 21.3 Å². The third-order valence-electron chi connectivity index (χ3n) is 2.31. The Morgan fingerprint density at radius 3 is 2.94 bits per heavy atom. The van der Waals surface area contributed by atoms with Gasteiger partial charge in [0.25, 0.3) is 0 Å². The summed E-state index contributed by atoms with van der Waals surface area (Å²) in [6, 6.07) is 6.69. The zero-order valence-electron chi connectivity index (χ0n) is 9.84. The van der Waals surface area contributed by atoms with Gasteiger partial charge in [-0.1, -0.05) is 12.1 Å². The van der Waals surface area contributed by atoms with Crippen molar-refractivity contribution in [1.29, 1.82) is 0 Å². The number of rotatable bonds is 8. The molecule has 1 N–H and O–H groups in total. The first-order valence-electron chi connectivity index (χ1n) is 5.86. The van der Waals surface area contributed by atoms with Crippen LogP contribution in [0.1, 0.15) is 25.3 Å². The van der Waals surface area contributed by atoms with Crippen molar-refractivity contribution in [3.8, 4) is 0 Å². The van der Waals surface area contributed by atoms with Crippen LogP contribution in [-0.4, -0.2) is 19.8 Å². The minimum atomic E-state index is -0.171. The van der Waals surface area contributed by atoms with E-state index in [1.54, 1.807) is 12.1 Å². The Labute approximate surface area is 96.8 Å². The molecule has 0 amide bonds. The second-order valence-corrected chi connectivity index (χ2v) is 3.71. The van der Waals surface area contributed by atoms with Gasteiger partial charge in [0.15, 0.2) is 0 Å². The van der Waals surface area contributed by atoms with E-state index in [1.165, 1.54) is 6.07 Å². The molecule has 0 saturated heterocycles. The molecule has 0 aromatic heterocycles. The molecule has 0 saturated carbocycles. The summed E-state index contributed by atoms with van der Waals surface area (Å²) in [6.07, 6.45) is 2.17. The molecule has 16 heavy (non-hydrogen) atoms. The van der Waals surface area contributed by atoms with Gasteiger partial charge >= 0.3 is 0 Å². The van der Waals surface area contributed by atoms with Crippen LogP contribution in [0.25, 0.3) is 0 Å². The second-order valence-electron chi connectivity index (χ2n) is 3.71. The lowest BCUT2D eigenvalue weighted by Crippen LogP contribution is -2.15. The van der Waals surface area contributed by atoms with Gasteiger partial charge in [0.1, 0.15) is 5.82 Å². The Hall–Kier alpha value is -0.930. The summed E-state index contributed by atoms with van der Waals surface area (Å²) in [7, 11) is 0. The minimum absolute atomic E-state index is 0.171. The minimum Gasteiger partial charge on any atom is -0.382 e. The smallest absolute Gasteiger partial charge is 0.123 e. The van der Waals surface area contributed by atoms with Crippen LogP contribution >= 0.6 is 0 Å². The average Bonchev–Trinajstić information content (AvgIpc) is 2.28. The van der Waals surface area contributed by atoms with Gasteiger partial charge in [0.2, 0.25) is 0 Å². The van der Waals surface area contributed by atoms with Crippen molar-refractivity contribution in [3.05, 3.63) is 35.6 Å². The third-order valence-corrected chi connectivity index (χ3v) is 2.31. The van der Waals surface area contributed by atoms with Crippen LogP contribution in [0.5, 0.6) is 0 Å². The predicted molar refractivity (Wildman–Crippen MR) is 63.8 cm³/mol. The van der Waals surface area contributed by atoms with Crippen LogP contribution in [0.2, 0.25) is 0 Å². The van der Waals surface area contributed by atoms with E-state index in [2.05, 4.69) is 5.32 Å². The molecule has 0 heterocycles. The maximum atomic E-state index is 12.8. The standard InChI is InChI=1S/C13H20FNO/c1-2-16-9-4-3-8-15-11-12-6-5-7-13(14)10-12/h5-7,10,15H,2-4,8-9,11H2,1H3. The van der Waals surface area contributed by atoms with Gasteiger partial charge in [-0.05, 0) is 44.0 Å². The normalized spacial score (nSPS) is 10.6. The first-order valence-corrected chi connectivity index (χ1v) is 5.86. The molecule has 0 aliphatic carbocycles. The first-order chi connectivity index (χ1) is 7.83. The molecule has 0 spiro atoms. The van der Waals surface area contributed by atoms with Gasteiger partial charge in [-0.2, -0.15) is 0 Å². The van der Waals surface area contributed by atoms with E-state index in [4.69, 9.17) is 4.74 Å². The summed E-state index contributed by atoms with van der Waals surface area (Å²) in [6.45, 7) is 5.30. The van der Waals surface area contributed by atoms with E-state index >= 15 is 0 Å². The van der Waals surface area contributed by atoms with Crippen LogP contribution in [0.15, 0.2) is 24.3 Å². The van der Waals surface area contributed by atoms with E-state index in [-0.39, 0.29) is 5.82 Å². The molecule has 1 aromatic rings. The van der Waals surface area contributed by atoms with Crippen LogP contribution in [0.3, 0.4) is 0 Å². The first kappa shape index (κ1) is 13.1. The summed E-state index contributed by atoms with van der Waals surface area (Å²) >= 11 is 0. The van der Waals surface area contributed by atoms with E-state index in [0.29, 0.717) is 0 Å². The molecule has 0 fully saturated rings. The van der Waals surface area contributed by atoms with Crippen LogP contribution in [-0.2, 0) is 11.3 Å². The van der Waals surface area contributed by atoms with Crippen LogP contribution in [0.4, 0.5) is 4.39 Å². The van der Waals surface area contributed by atoms with Crippen molar-refractivity contribution in [2.24, 2.45) is 0 Å². The van der Waals surface area contributed by atoms with E-state index in [9.17, 15) is 4.39 Å². The maximum Gasteiger partial charge on any atom is 0.123 e. The number of hydrogen-bond acceptors (Lipinski definition) is 2. The molecule has 90 valence electrons. The highest BCUT2D eigenvalue weighted by Gasteiger charge is 1.94. The summed E-state index contributed by atoms with van der Waals surface area (Å²) in [5.41, 5.74) is 0.991. The van der Waals surface area contributed by atoms with Crippen LogP contribution in [0, 0.1) is 5.82 Å². The lowest BCUT2D eigenvalue weighted by Gasteiger charge is -2.05. The van der Waals surface area contributed by atoms with E-state index in [0.717, 1.165) is 44.7 Å². The quantitative estimate of drug-likeness (QED) is 0.687. The van der Waals surface area contributed by atoms with Crippen LogP contribution < -0.4 is 5.32 Å². The molecular formula is C13H20FNO. The second kappa shape index (κ2) is 8.25. The molecule has 0 bridgehead atoms. The summed E-state index contributed by atoms with van der Waals surface area (Å²) in [5, 5.41) is 3.28. The summed E-state index contributed by atoms with van der Waals surface area (Å²) < 4.78 is 18.1. The molecule has 0 atom stereocenters. The van der Waals surface area contributed by atoms with Crippen molar-refractivity contribution in [1.82, 2.24) is 5.32 Å².